The Balaban J connectivity index is 2.00. The molecule has 0 saturated carbocycles. The van der Waals surface area contributed by atoms with Gasteiger partial charge in [0.1, 0.15) is 0 Å². The molecule has 1 aromatic carbocycles. The summed E-state index contributed by atoms with van der Waals surface area (Å²) in [7, 11) is 0. The molecule has 1 saturated heterocycles. The summed E-state index contributed by atoms with van der Waals surface area (Å²) >= 11 is 2.16. The fourth-order valence-corrected chi connectivity index (χ4v) is 2.15. The molecule has 1 fully saturated rings. The summed E-state index contributed by atoms with van der Waals surface area (Å²) in [5, 5.41) is 5.51. The molecular weight excluding hydrogens is 319 g/mol. The van der Waals surface area contributed by atoms with Gasteiger partial charge < -0.3 is 10.6 Å². The van der Waals surface area contributed by atoms with Crippen LogP contribution in [0.15, 0.2) is 24.3 Å². The predicted molar refractivity (Wildman–Crippen MR) is 68.0 cm³/mol. The van der Waals surface area contributed by atoms with Gasteiger partial charge in [-0.05, 0) is 40.8 Å². The van der Waals surface area contributed by atoms with Gasteiger partial charge in [-0.2, -0.15) is 0 Å². The van der Waals surface area contributed by atoms with Crippen LogP contribution < -0.4 is 10.6 Å². The predicted octanol–water partition coefficient (Wildman–Crippen LogP) is 0.909. The van der Waals surface area contributed by atoms with Crippen LogP contribution in [0.4, 0.5) is 0 Å². The Morgan fingerprint density at radius 1 is 1.50 bits per heavy atom. The quantitative estimate of drug-likeness (QED) is 0.792. The first-order valence-corrected chi connectivity index (χ1v) is 6.06. The molecule has 1 aliphatic heterocycles. The van der Waals surface area contributed by atoms with Crippen molar-refractivity contribution < 1.29 is 9.59 Å². The van der Waals surface area contributed by atoms with Crippen LogP contribution in [0.25, 0.3) is 0 Å². The van der Waals surface area contributed by atoms with Gasteiger partial charge in [-0.15, -0.1) is 0 Å². The van der Waals surface area contributed by atoms with E-state index in [0.29, 0.717) is 18.5 Å². The monoisotopic (exact) mass is 330 g/mol. The molecule has 5 heteroatoms. The molecule has 0 bridgehead atoms. The lowest BCUT2D eigenvalue weighted by Gasteiger charge is -2.10. The van der Waals surface area contributed by atoms with Crippen LogP contribution in [0.2, 0.25) is 0 Å². The smallest absolute Gasteiger partial charge is 0.251 e. The van der Waals surface area contributed by atoms with Gasteiger partial charge in [-0.1, -0.05) is 6.07 Å². The number of benzene rings is 1. The highest BCUT2D eigenvalue weighted by Crippen LogP contribution is 2.08. The maximum atomic E-state index is 11.8. The van der Waals surface area contributed by atoms with E-state index >= 15 is 0 Å². The number of carbonyl (C=O) groups is 2. The minimum Gasteiger partial charge on any atom is -0.354 e. The topological polar surface area (TPSA) is 58.2 Å². The van der Waals surface area contributed by atoms with Gasteiger partial charge in [0.25, 0.3) is 5.91 Å². The van der Waals surface area contributed by atoms with Crippen LogP contribution >= 0.6 is 22.6 Å². The van der Waals surface area contributed by atoms with E-state index in [1.165, 1.54) is 0 Å². The van der Waals surface area contributed by atoms with Gasteiger partial charge in [0.15, 0.2) is 0 Å². The van der Waals surface area contributed by atoms with Crippen LogP contribution in [0.3, 0.4) is 0 Å². The van der Waals surface area contributed by atoms with Crippen molar-refractivity contribution in [3.63, 3.8) is 0 Å². The third-order valence-corrected chi connectivity index (χ3v) is 3.07. The third-order valence-electron chi connectivity index (χ3n) is 2.40. The van der Waals surface area contributed by atoms with Crippen molar-refractivity contribution in [2.45, 2.75) is 12.5 Å². The summed E-state index contributed by atoms with van der Waals surface area (Å²) in [6, 6.07) is 7.27. The lowest BCUT2D eigenvalue weighted by Crippen LogP contribution is -2.36. The molecule has 1 heterocycles. The standard InChI is InChI=1S/C11H11IN2O2/c12-8-3-1-2-7(4-8)11(16)14-9-5-10(15)13-6-9/h1-4,9H,5-6H2,(H,13,15)(H,14,16). The number of amides is 2. The lowest BCUT2D eigenvalue weighted by molar-refractivity contribution is -0.119. The number of halogens is 1. The Hall–Kier alpha value is -1.11. The second kappa shape index (κ2) is 4.82. The average molecular weight is 330 g/mol. The van der Waals surface area contributed by atoms with E-state index in [1.54, 1.807) is 6.07 Å². The molecular formula is C11H11IN2O2. The number of carbonyl (C=O) groups excluding carboxylic acids is 2. The second-order valence-electron chi connectivity index (χ2n) is 3.69. The molecule has 16 heavy (non-hydrogen) atoms. The highest BCUT2D eigenvalue weighted by atomic mass is 127. The molecule has 1 unspecified atom stereocenters. The first kappa shape index (κ1) is 11.4. The molecule has 0 aliphatic carbocycles. The van der Waals surface area contributed by atoms with Crippen LogP contribution in [-0.4, -0.2) is 24.4 Å². The molecule has 0 radical (unpaired) electrons. The normalized spacial score (nSPS) is 19.3. The van der Waals surface area contributed by atoms with Gasteiger partial charge in [-0.25, -0.2) is 0 Å². The molecule has 1 aliphatic rings. The molecule has 1 atom stereocenters. The molecule has 2 rings (SSSR count). The van der Waals surface area contributed by atoms with E-state index in [0.717, 1.165) is 3.57 Å². The van der Waals surface area contributed by atoms with Gasteiger partial charge >= 0.3 is 0 Å². The largest absolute Gasteiger partial charge is 0.354 e. The fraction of sp³-hybridized carbons (Fsp3) is 0.273. The van der Waals surface area contributed by atoms with Crippen molar-refractivity contribution >= 4 is 34.4 Å². The fourth-order valence-electron chi connectivity index (χ4n) is 1.61. The number of rotatable bonds is 2. The Bertz CT molecular complexity index is 434. The first-order valence-electron chi connectivity index (χ1n) is 4.98. The number of hydrogen-bond acceptors (Lipinski definition) is 2. The summed E-state index contributed by atoms with van der Waals surface area (Å²) in [6.07, 6.45) is 0.371. The van der Waals surface area contributed by atoms with Crippen molar-refractivity contribution in [3.05, 3.63) is 33.4 Å². The summed E-state index contributed by atoms with van der Waals surface area (Å²) < 4.78 is 1.02. The van der Waals surface area contributed by atoms with Gasteiger partial charge in [0, 0.05) is 22.1 Å². The number of nitrogens with one attached hydrogen (secondary N) is 2. The summed E-state index contributed by atoms with van der Waals surface area (Å²) in [6.45, 7) is 0.522. The molecule has 2 amide bonds. The van der Waals surface area contributed by atoms with Crippen LogP contribution in [0, 0.1) is 3.57 Å². The minimum atomic E-state index is -0.125. The van der Waals surface area contributed by atoms with E-state index in [2.05, 4.69) is 33.2 Å². The molecule has 2 N–H and O–H groups in total. The lowest BCUT2D eigenvalue weighted by atomic mass is 10.2. The molecule has 4 nitrogen and oxygen atoms in total. The Morgan fingerprint density at radius 2 is 2.31 bits per heavy atom. The SMILES string of the molecule is O=C1CC(NC(=O)c2cccc(I)c2)CN1. The zero-order chi connectivity index (χ0) is 11.5. The van der Waals surface area contributed by atoms with E-state index in [-0.39, 0.29) is 17.9 Å². The van der Waals surface area contributed by atoms with Crippen molar-refractivity contribution in [3.8, 4) is 0 Å². The zero-order valence-corrected chi connectivity index (χ0v) is 10.7. The maximum Gasteiger partial charge on any atom is 0.251 e. The zero-order valence-electron chi connectivity index (χ0n) is 8.50. The Labute approximate surface area is 107 Å². The van der Waals surface area contributed by atoms with E-state index in [4.69, 9.17) is 0 Å². The second-order valence-corrected chi connectivity index (χ2v) is 4.93. The van der Waals surface area contributed by atoms with E-state index < -0.39 is 0 Å². The van der Waals surface area contributed by atoms with Crippen LogP contribution in [0.5, 0.6) is 0 Å². The van der Waals surface area contributed by atoms with E-state index in [9.17, 15) is 9.59 Å². The highest BCUT2D eigenvalue weighted by Gasteiger charge is 2.23. The highest BCUT2D eigenvalue weighted by molar-refractivity contribution is 14.1. The first-order chi connectivity index (χ1) is 7.65. The van der Waals surface area contributed by atoms with Gasteiger partial charge in [0.2, 0.25) is 5.91 Å². The van der Waals surface area contributed by atoms with Crippen LogP contribution in [-0.2, 0) is 4.79 Å². The number of hydrogen-bond donors (Lipinski definition) is 2. The van der Waals surface area contributed by atoms with Crippen molar-refractivity contribution in [1.82, 2.24) is 10.6 Å². The molecule has 0 spiro atoms. The van der Waals surface area contributed by atoms with Crippen molar-refractivity contribution in [1.29, 1.82) is 0 Å². The maximum absolute atomic E-state index is 11.8. The van der Waals surface area contributed by atoms with Gasteiger partial charge in [-0.3, -0.25) is 9.59 Å². The van der Waals surface area contributed by atoms with E-state index in [1.807, 2.05) is 18.2 Å². The summed E-state index contributed by atoms with van der Waals surface area (Å²) in [5.41, 5.74) is 0.631. The van der Waals surface area contributed by atoms with Crippen molar-refractivity contribution in [2.24, 2.45) is 0 Å². The van der Waals surface area contributed by atoms with Crippen molar-refractivity contribution in [2.75, 3.05) is 6.54 Å². The van der Waals surface area contributed by atoms with Crippen LogP contribution in [0.1, 0.15) is 16.8 Å². The Kier molecular flexibility index (Phi) is 3.42. The third kappa shape index (κ3) is 2.72. The minimum absolute atomic E-state index is 0.00653. The molecule has 0 aromatic heterocycles. The Morgan fingerprint density at radius 3 is 2.94 bits per heavy atom. The average Bonchev–Trinajstić information content (AvgIpc) is 2.64. The molecule has 84 valence electrons. The summed E-state index contributed by atoms with van der Waals surface area (Å²) in [5.74, 6) is -0.132. The van der Waals surface area contributed by atoms with Gasteiger partial charge in [0.05, 0.1) is 6.04 Å². The summed E-state index contributed by atoms with van der Waals surface area (Å²) in [4.78, 5) is 22.8. The molecule has 1 aromatic rings.